The molecule has 136 valence electrons. The fourth-order valence-electron chi connectivity index (χ4n) is 3.27. The molecule has 1 aromatic carbocycles. The van der Waals surface area contributed by atoms with Crippen molar-refractivity contribution < 1.29 is 14.4 Å². The molecule has 2 aromatic rings. The molecule has 3 rings (SSSR count). The van der Waals surface area contributed by atoms with Crippen LogP contribution in [0.5, 0.6) is 5.75 Å². The molecule has 1 aliphatic rings. The normalized spacial score (nSPS) is 20.6. The van der Waals surface area contributed by atoms with E-state index in [1.807, 2.05) is 31.2 Å². The molecule has 0 aliphatic carbocycles. The Hall–Kier alpha value is -1.96. The number of aromatic nitrogens is 2. The monoisotopic (exact) mass is 346 g/mol. The van der Waals surface area contributed by atoms with Gasteiger partial charge in [0.05, 0.1) is 25.3 Å². The summed E-state index contributed by atoms with van der Waals surface area (Å²) in [5.41, 5.74) is 0.829. The summed E-state index contributed by atoms with van der Waals surface area (Å²) in [6.07, 6.45) is -0.298. The van der Waals surface area contributed by atoms with E-state index in [1.54, 1.807) is 7.11 Å². The van der Waals surface area contributed by atoms with Crippen LogP contribution in [0.1, 0.15) is 19.7 Å². The highest BCUT2D eigenvalue weighted by atomic mass is 16.5. The molecule has 0 unspecified atom stereocenters. The third-order valence-electron chi connectivity index (χ3n) is 4.52. The Morgan fingerprint density at radius 3 is 2.88 bits per heavy atom. The highest BCUT2D eigenvalue weighted by molar-refractivity contribution is 5.63. The molecule has 0 spiro atoms. The molecular weight excluding hydrogens is 320 g/mol. The number of benzene rings is 1. The number of methoxy groups -OCH3 is 1. The molecule has 1 saturated heterocycles. The minimum Gasteiger partial charge on any atom is -0.496 e. The van der Waals surface area contributed by atoms with Crippen LogP contribution in [0.2, 0.25) is 0 Å². The highest BCUT2D eigenvalue weighted by Gasteiger charge is 2.25. The summed E-state index contributed by atoms with van der Waals surface area (Å²) in [5, 5.41) is 13.7. The Kier molecular flexibility index (Phi) is 5.67. The number of nitrogens with zero attached hydrogens (tertiary/aromatic N) is 4. The van der Waals surface area contributed by atoms with Gasteiger partial charge >= 0.3 is 0 Å². The second-order valence-corrected chi connectivity index (χ2v) is 6.64. The number of β-amino-alcohol motifs (C(OH)–C–C–N with tert-alkyl or cyclic N) is 1. The van der Waals surface area contributed by atoms with E-state index in [4.69, 9.17) is 9.26 Å². The maximum absolute atomic E-state index is 9.58. The molecule has 0 saturated carbocycles. The molecule has 0 radical (unpaired) electrons. The quantitative estimate of drug-likeness (QED) is 0.852. The van der Waals surface area contributed by atoms with Gasteiger partial charge in [-0.2, -0.15) is 4.98 Å². The van der Waals surface area contributed by atoms with Crippen LogP contribution in [0.15, 0.2) is 28.8 Å². The lowest BCUT2D eigenvalue weighted by Gasteiger charge is -2.39. The van der Waals surface area contributed by atoms with E-state index in [1.165, 1.54) is 0 Å². The lowest BCUT2D eigenvalue weighted by molar-refractivity contribution is 0.0385. The van der Waals surface area contributed by atoms with Crippen LogP contribution in [0.3, 0.4) is 0 Å². The molecule has 2 atom stereocenters. The van der Waals surface area contributed by atoms with Gasteiger partial charge in [-0.3, -0.25) is 9.80 Å². The number of piperazine rings is 1. The number of para-hydroxylation sites is 1. The van der Waals surface area contributed by atoms with Crippen LogP contribution in [0.25, 0.3) is 11.4 Å². The minimum absolute atomic E-state index is 0.298. The summed E-state index contributed by atoms with van der Waals surface area (Å²) in [5.74, 6) is 1.89. The van der Waals surface area contributed by atoms with Crippen molar-refractivity contribution in [2.45, 2.75) is 32.5 Å². The molecule has 1 N–H and O–H groups in total. The fourth-order valence-corrected chi connectivity index (χ4v) is 3.27. The third-order valence-corrected chi connectivity index (χ3v) is 4.52. The van der Waals surface area contributed by atoms with Gasteiger partial charge < -0.3 is 14.4 Å². The molecular formula is C18H26N4O3. The largest absolute Gasteiger partial charge is 0.496 e. The van der Waals surface area contributed by atoms with Gasteiger partial charge in [-0.1, -0.05) is 17.3 Å². The number of hydrogen-bond donors (Lipinski definition) is 1. The van der Waals surface area contributed by atoms with Crippen molar-refractivity contribution in [3.05, 3.63) is 30.2 Å². The summed E-state index contributed by atoms with van der Waals surface area (Å²) >= 11 is 0. The Balaban J connectivity index is 1.63. The number of hydrogen-bond acceptors (Lipinski definition) is 7. The van der Waals surface area contributed by atoms with E-state index in [0.29, 0.717) is 30.8 Å². The summed E-state index contributed by atoms with van der Waals surface area (Å²) in [6, 6.07) is 8.03. The van der Waals surface area contributed by atoms with Gasteiger partial charge in [0.15, 0.2) is 0 Å². The van der Waals surface area contributed by atoms with Crippen LogP contribution >= 0.6 is 0 Å². The van der Waals surface area contributed by atoms with Crippen molar-refractivity contribution in [1.29, 1.82) is 0 Å². The number of rotatable bonds is 6. The van der Waals surface area contributed by atoms with Gasteiger partial charge in [0.25, 0.3) is 0 Å². The van der Waals surface area contributed by atoms with E-state index in [9.17, 15) is 5.11 Å². The molecule has 25 heavy (non-hydrogen) atoms. The standard InChI is InChI=1S/C18H26N4O3/c1-13-10-21(8-9-22(13)11-14(2)23)12-17-19-18(20-25-17)15-6-4-5-7-16(15)24-3/h4-7,13-14,23H,8-12H2,1-3H3/t13-,14-/m1/s1. The highest BCUT2D eigenvalue weighted by Crippen LogP contribution is 2.27. The Labute approximate surface area is 148 Å². The van der Waals surface area contributed by atoms with Crippen molar-refractivity contribution in [2.24, 2.45) is 0 Å². The molecule has 2 heterocycles. The first-order valence-electron chi connectivity index (χ1n) is 8.67. The van der Waals surface area contributed by atoms with E-state index >= 15 is 0 Å². The number of aliphatic hydroxyl groups is 1. The topological polar surface area (TPSA) is 74.9 Å². The summed E-state index contributed by atoms with van der Waals surface area (Å²) in [4.78, 5) is 9.15. The van der Waals surface area contributed by atoms with Crippen molar-refractivity contribution in [3.8, 4) is 17.1 Å². The Bertz CT molecular complexity index is 688. The average molecular weight is 346 g/mol. The van der Waals surface area contributed by atoms with Crippen LogP contribution < -0.4 is 4.74 Å². The van der Waals surface area contributed by atoms with Crippen LogP contribution in [-0.2, 0) is 6.54 Å². The van der Waals surface area contributed by atoms with E-state index in [0.717, 1.165) is 30.9 Å². The van der Waals surface area contributed by atoms with Gasteiger partial charge in [0.1, 0.15) is 5.75 Å². The van der Waals surface area contributed by atoms with Crippen molar-refractivity contribution in [2.75, 3.05) is 33.3 Å². The summed E-state index contributed by atoms with van der Waals surface area (Å²) in [6.45, 7) is 8.13. The van der Waals surface area contributed by atoms with Gasteiger partial charge in [-0.25, -0.2) is 0 Å². The molecule has 7 heteroatoms. The zero-order valence-corrected chi connectivity index (χ0v) is 15.1. The molecule has 0 bridgehead atoms. The molecule has 1 aliphatic heterocycles. The second-order valence-electron chi connectivity index (χ2n) is 6.64. The van der Waals surface area contributed by atoms with E-state index < -0.39 is 0 Å². The van der Waals surface area contributed by atoms with Gasteiger partial charge in [-0.05, 0) is 26.0 Å². The summed E-state index contributed by atoms with van der Waals surface area (Å²) in [7, 11) is 1.63. The van der Waals surface area contributed by atoms with Crippen molar-refractivity contribution >= 4 is 0 Å². The Morgan fingerprint density at radius 1 is 1.36 bits per heavy atom. The zero-order chi connectivity index (χ0) is 17.8. The van der Waals surface area contributed by atoms with E-state index in [2.05, 4.69) is 26.9 Å². The zero-order valence-electron chi connectivity index (χ0n) is 15.1. The first kappa shape index (κ1) is 17.8. The van der Waals surface area contributed by atoms with Crippen LogP contribution in [0, 0.1) is 0 Å². The lowest BCUT2D eigenvalue weighted by atomic mass is 10.1. The molecule has 1 fully saturated rings. The molecule has 7 nitrogen and oxygen atoms in total. The van der Waals surface area contributed by atoms with Gasteiger partial charge in [0.2, 0.25) is 11.7 Å². The summed E-state index contributed by atoms with van der Waals surface area (Å²) < 4.78 is 10.8. The SMILES string of the molecule is COc1ccccc1-c1noc(CN2CCN(C[C@@H](C)O)[C@H](C)C2)n1. The fraction of sp³-hybridized carbons (Fsp3) is 0.556. The molecule has 1 aromatic heterocycles. The van der Waals surface area contributed by atoms with Crippen LogP contribution in [-0.4, -0.2) is 70.5 Å². The van der Waals surface area contributed by atoms with Gasteiger partial charge in [-0.15, -0.1) is 0 Å². The first-order valence-corrected chi connectivity index (χ1v) is 8.67. The average Bonchev–Trinajstić information content (AvgIpc) is 3.05. The van der Waals surface area contributed by atoms with Crippen LogP contribution in [0.4, 0.5) is 0 Å². The lowest BCUT2D eigenvalue weighted by Crippen LogP contribution is -2.53. The van der Waals surface area contributed by atoms with Crippen molar-refractivity contribution in [3.63, 3.8) is 0 Å². The predicted octanol–water partition coefficient (Wildman–Crippen LogP) is 1.63. The van der Waals surface area contributed by atoms with Crippen molar-refractivity contribution in [1.82, 2.24) is 19.9 Å². The number of aliphatic hydroxyl groups excluding tert-OH is 1. The third kappa shape index (κ3) is 4.36. The first-order chi connectivity index (χ1) is 12.1. The number of ether oxygens (including phenoxy) is 1. The second kappa shape index (κ2) is 7.95. The van der Waals surface area contributed by atoms with E-state index in [-0.39, 0.29) is 6.10 Å². The predicted molar refractivity (Wildman–Crippen MR) is 94.3 cm³/mol. The van der Waals surface area contributed by atoms with Gasteiger partial charge in [0, 0.05) is 32.2 Å². The molecule has 0 amide bonds. The maximum atomic E-state index is 9.58. The Morgan fingerprint density at radius 2 is 2.16 bits per heavy atom. The maximum Gasteiger partial charge on any atom is 0.241 e. The minimum atomic E-state index is -0.298. The smallest absolute Gasteiger partial charge is 0.241 e.